The van der Waals surface area contributed by atoms with Crippen molar-refractivity contribution < 1.29 is 8.42 Å². The Kier molecular flexibility index (Phi) is 4.15. The fraction of sp³-hybridized carbons (Fsp3) is 1.00. The van der Waals surface area contributed by atoms with Gasteiger partial charge in [-0.1, -0.05) is 19.0 Å². The summed E-state index contributed by atoms with van der Waals surface area (Å²) in [6, 6.07) is 0. The normalized spacial score (nSPS) is 12.2. The maximum Gasteiger partial charge on any atom is 0.274 e. The van der Waals surface area contributed by atoms with Crippen LogP contribution in [-0.4, -0.2) is 21.5 Å². The van der Waals surface area contributed by atoms with Crippen molar-refractivity contribution in [3.63, 3.8) is 0 Å². The summed E-state index contributed by atoms with van der Waals surface area (Å²) in [4.78, 5) is 2.58. The van der Waals surface area contributed by atoms with E-state index in [0.717, 1.165) is 0 Å². The number of rotatable bonds is 5. The highest BCUT2D eigenvalue weighted by molar-refractivity contribution is 7.87. The molecule has 0 saturated carbocycles. The van der Waals surface area contributed by atoms with Gasteiger partial charge in [-0.05, 0) is 10.9 Å². The highest BCUT2D eigenvalue weighted by Gasteiger charge is 2.18. The standard InChI is InChI=1S/C5H13N5O2S/c1-5(2,3-8-10-6)4-9-13(7,11)12/h9H,3-4H2,1-2H3,(H2,7,11,12). The van der Waals surface area contributed by atoms with Crippen LogP contribution in [-0.2, 0) is 10.2 Å². The Morgan fingerprint density at radius 3 is 2.54 bits per heavy atom. The molecule has 13 heavy (non-hydrogen) atoms. The molecule has 0 radical (unpaired) electrons. The van der Waals surface area contributed by atoms with Crippen LogP contribution in [0, 0.1) is 5.41 Å². The van der Waals surface area contributed by atoms with Gasteiger partial charge >= 0.3 is 0 Å². The third-order valence-electron chi connectivity index (χ3n) is 1.31. The highest BCUT2D eigenvalue weighted by Crippen LogP contribution is 2.13. The monoisotopic (exact) mass is 207 g/mol. The molecule has 0 heterocycles. The quantitative estimate of drug-likeness (QED) is 0.378. The SMILES string of the molecule is CC(C)(CN=[N+]=[N-])CNS(N)(=O)=O. The summed E-state index contributed by atoms with van der Waals surface area (Å²) in [6.45, 7) is 3.89. The van der Waals surface area contributed by atoms with Gasteiger partial charge in [0.15, 0.2) is 0 Å². The van der Waals surface area contributed by atoms with Crippen LogP contribution in [0.2, 0.25) is 0 Å². The Morgan fingerprint density at radius 2 is 2.15 bits per heavy atom. The Bertz CT molecular complexity index is 303. The smallest absolute Gasteiger partial charge is 0.216 e. The van der Waals surface area contributed by atoms with Gasteiger partial charge in [-0.2, -0.15) is 8.42 Å². The lowest BCUT2D eigenvalue weighted by Crippen LogP contribution is -2.39. The van der Waals surface area contributed by atoms with Gasteiger partial charge in [0.05, 0.1) is 0 Å². The van der Waals surface area contributed by atoms with Crippen molar-refractivity contribution in [2.45, 2.75) is 13.8 Å². The fourth-order valence-electron chi connectivity index (χ4n) is 0.575. The molecule has 0 unspecified atom stereocenters. The minimum Gasteiger partial charge on any atom is -0.216 e. The van der Waals surface area contributed by atoms with Crippen LogP contribution in [0.4, 0.5) is 0 Å². The van der Waals surface area contributed by atoms with Gasteiger partial charge in [0.1, 0.15) is 0 Å². The zero-order valence-corrected chi connectivity index (χ0v) is 8.37. The van der Waals surface area contributed by atoms with Crippen LogP contribution in [0.3, 0.4) is 0 Å². The summed E-state index contributed by atoms with van der Waals surface area (Å²) >= 11 is 0. The van der Waals surface area contributed by atoms with Crippen molar-refractivity contribution in [3.8, 4) is 0 Å². The van der Waals surface area contributed by atoms with Crippen molar-refractivity contribution in [1.82, 2.24) is 4.72 Å². The van der Waals surface area contributed by atoms with Gasteiger partial charge < -0.3 is 0 Å². The van der Waals surface area contributed by atoms with Gasteiger partial charge in [0, 0.05) is 18.0 Å². The minimum absolute atomic E-state index is 0.144. The molecule has 0 aliphatic heterocycles. The molecule has 0 aromatic rings. The summed E-state index contributed by atoms with van der Waals surface area (Å²) in [6.07, 6.45) is 0. The van der Waals surface area contributed by atoms with Gasteiger partial charge in [-0.3, -0.25) is 0 Å². The zero-order chi connectivity index (χ0) is 10.5. The molecule has 0 fully saturated rings. The fourth-order valence-corrected chi connectivity index (χ4v) is 1.17. The van der Waals surface area contributed by atoms with Crippen LogP contribution in [0.5, 0.6) is 0 Å². The van der Waals surface area contributed by atoms with Gasteiger partial charge in [0.25, 0.3) is 10.2 Å². The van der Waals surface area contributed by atoms with Crippen LogP contribution in [0.25, 0.3) is 10.4 Å². The lowest BCUT2D eigenvalue weighted by atomic mass is 9.94. The van der Waals surface area contributed by atoms with Crippen molar-refractivity contribution >= 4 is 10.2 Å². The molecule has 3 N–H and O–H groups in total. The van der Waals surface area contributed by atoms with E-state index in [4.69, 9.17) is 10.7 Å². The Hall–Kier alpha value is -0.820. The number of hydrogen-bond acceptors (Lipinski definition) is 3. The van der Waals surface area contributed by atoms with Gasteiger partial charge in [-0.15, -0.1) is 0 Å². The lowest BCUT2D eigenvalue weighted by Gasteiger charge is -2.21. The first-order chi connectivity index (χ1) is 5.77. The molecule has 7 nitrogen and oxygen atoms in total. The summed E-state index contributed by atoms with van der Waals surface area (Å²) in [7, 11) is -3.67. The third kappa shape index (κ3) is 7.54. The molecular weight excluding hydrogens is 194 g/mol. The lowest BCUT2D eigenvalue weighted by molar-refractivity contribution is 0.376. The summed E-state index contributed by atoms with van der Waals surface area (Å²) in [5.41, 5.74) is 7.62. The predicted molar refractivity (Wildman–Crippen MR) is 48.9 cm³/mol. The Labute approximate surface area is 77.1 Å². The van der Waals surface area contributed by atoms with E-state index in [1.165, 1.54) is 0 Å². The zero-order valence-electron chi connectivity index (χ0n) is 7.56. The molecule has 0 spiro atoms. The highest BCUT2D eigenvalue weighted by atomic mass is 32.2. The van der Waals surface area contributed by atoms with E-state index in [1.54, 1.807) is 13.8 Å². The van der Waals surface area contributed by atoms with E-state index < -0.39 is 15.6 Å². The number of hydrogen-bond donors (Lipinski definition) is 2. The second-order valence-corrected chi connectivity index (χ2v) is 4.80. The van der Waals surface area contributed by atoms with Crippen LogP contribution < -0.4 is 9.86 Å². The summed E-state index contributed by atoms with van der Waals surface area (Å²) in [5.74, 6) is 0. The maximum atomic E-state index is 10.5. The van der Waals surface area contributed by atoms with E-state index in [2.05, 4.69) is 14.7 Å². The van der Waals surface area contributed by atoms with E-state index in [1.807, 2.05) is 0 Å². The van der Waals surface area contributed by atoms with Gasteiger partial charge in [-0.25, -0.2) is 9.86 Å². The molecule has 0 aliphatic carbocycles. The predicted octanol–water partition coefficient (Wildman–Crippen LogP) is 0.116. The summed E-state index contributed by atoms with van der Waals surface area (Å²) in [5, 5.41) is 8.08. The molecule has 0 saturated heterocycles. The first-order valence-corrected chi connectivity index (χ1v) is 5.10. The third-order valence-corrected chi connectivity index (χ3v) is 1.86. The summed E-state index contributed by atoms with van der Waals surface area (Å²) < 4.78 is 23.2. The van der Waals surface area contributed by atoms with E-state index in [0.29, 0.717) is 0 Å². The molecule has 0 aromatic carbocycles. The van der Waals surface area contributed by atoms with E-state index >= 15 is 0 Å². The second-order valence-electron chi connectivity index (χ2n) is 3.42. The molecule has 0 amide bonds. The second kappa shape index (κ2) is 4.43. The van der Waals surface area contributed by atoms with Crippen LogP contribution in [0.1, 0.15) is 13.8 Å². The van der Waals surface area contributed by atoms with Crippen LogP contribution in [0.15, 0.2) is 5.11 Å². The van der Waals surface area contributed by atoms with E-state index in [-0.39, 0.29) is 13.1 Å². The molecule has 0 bridgehead atoms. The maximum absolute atomic E-state index is 10.5. The average molecular weight is 207 g/mol. The van der Waals surface area contributed by atoms with E-state index in [9.17, 15) is 8.42 Å². The molecule has 76 valence electrons. The minimum atomic E-state index is -3.67. The number of nitrogens with one attached hydrogen (secondary N) is 1. The number of nitrogens with two attached hydrogens (primary N) is 1. The molecular formula is C5H13N5O2S. The molecule has 0 aliphatic rings. The topological polar surface area (TPSA) is 121 Å². The number of nitrogens with zero attached hydrogens (tertiary/aromatic N) is 3. The first kappa shape index (κ1) is 12.2. The largest absolute Gasteiger partial charge is 0.274 e. The average Bonchev–Trinajstić information content (AvgIpc) is 1.97. The van der Waals surface area contributed by atoms with Crippen molar-refractivity contribution in [2.75, 3.05) is 13.1 Å². The number of azide groups is 1. The van der Waals surface area contributed by atoms with Gasteiger partial charge in [0.2, 0.25) is 0 Å². The van der Waals surface area contributed by atoms with Crippen molar-refractivity contribution in [1.29, 1.82) is 0 Å². The first-order valence-electron chi connectivity index (χ1n) is 3.55. The molecule has 8 heteroatoms. The molecule has 0 atom stereocenters. The Balaban J connectivity index is 4.10. The van der Waals surface area contributed by atoms with Crippen molar-refractivity contribution in [3.05, 3.63) is 10.4 Å². The van der Waals surface area contributed by atoms with Crippen molar-refractivity contribution in [2.24, 2.45) is 15.7 Å². The molecule has 0 rings (SSSR count). The van der Waals surface area contributed by atoms with Crippen LogP contribution >= 0.6 is 0 Å². The Morgan fingerprint density at radius 1 is 1.62 bits per heavy atom. The molecule has 0 aromatic heterocycles.